The first kappa shape index (κ1) is 29.9. The Morgan fingerprint density at radius 3 is 1.48 bits per heavy atom. The molecule has 7 heteroatoms. The van der Waals surface area contributed by atoms with E-state index in [1.165, 1.54) is 75.6 Å². The highest BCUT2D eigenvalue weighted by Crippen LogP contribution is 2.61. The second-order valence-corrected chi connectivity index (χ2v) is 14.0. The highest BCUT2D eigenvalue weighted by Gasteiger charge is 2.34. The lowest BCUT2D eigenvalue weighted by Crippen LogP contribution is -2.12. The number of unbranched alkanes of at least 4 members (excludes halogenated alkanes) is 4. The molecule has 5 nitrogen and oxygen atoms in total. The highest BCUT2D eigenvalue weighted by atomic mass is 32.2. The fourth-order valence-electron chi connectivity index (χ4n) is 3.40. The summed E-state index contributed by atoms with van der Waals surface area (Å²) in [6.07, 6.45) is 16.7. The van der Waals surface area contributed by atoms with Gasteiger partial charge in [0.05, 0.1) is 31.8 Å². The summed E-state index contributed by atoms with van der Waals surface area (Å²) in [6, 6.07) is 7.33. The number of rotatable bonds is 14. The van der Waals surface area contributed by atoms with Crippen molar-refractivity contribution >= 4 is 23.5 Å². The lowest BCUT2D eigenvalue weighted by molar-refractivity contribution is 0.124. The van der Waals surface area contributed by atoms with Gasteiger partial charge in [0.25, 0.3) is 0 Å². The Balaban J connectivity index is 0.000000590. The normalized spacial score (nSPS) is 11.4. The third-order valence-electron chi connectivity index (χ3n) is 5.32. The Hall–Kier alpha value is -1.13. The zero-order chi connectivity index (χ0) is 23.6. The van der Waals surface area contributed by atoms with Crippen LogP contribution in [0.15, 0.2) is 35.2 Å². The van der Waals surface area contributed by atoms with E-state index in [0.29, 0.717) is 0 Å². The van der Waals surface area contributed by atoms with E-state index < -0.39 is 23.5 Å². The summed E-state index contributed by atoms with van der Waals surface area (Å²) in [5, 5.41) is 0. The van der Waals surface area contributed by atoms with Crippen molar-refractivity contribution < 1.29 is 22.1 Å². The van der Waals surface area contributed by atoms with Gasteiger partial charge in [-0.2, -0.15) is 8.42 Å². The van der Waals surface area contributed by atoms with Crippen molar-refractivity contribution in [2.45, 2.75) is 84.0 Å². The molecule has 31 heavy (non-hydrogen) atoms. The van der Waals surface area contributed by atoms with Gasteiger partial charge in [0.15, 0.2) is 0 Å². The summed E-state index contributed by atoms with van der Waals surface area (Å²) in [4.78, 5) is 10.5. The molecular formula is C24H44O5PS+. The summed E-state index contributed by atoms with van der Waals surface area (Å²) < 4.78 is 30.7. The Morgan fingerprint density at radius 2 is 1.16 bits per heavy atom. The Morgan fingerprint density at radius 1 is 0.774 bits per heavy atom. The van der Waals surface area contributed by atoms with Gasteiger partial charge in [0, 0.05) is 7.26 Å². The number of benzene rings is 1. The van der Waals surface area contributed by atoms with Crippen LogP contribution in [0, 0.1) is 0 Å². The summed E-state index contributed by atoms with van der Waals surface area (Å²) in [5.41, 5.74) is 0. The predicted molar refractivity (Wildman–Crippen MR) is 133 cm³/mol. The van der Waals surface area contributed by atoms with Gasteiger partial charge in [-0.15, -0.1) is 0 Å². The molecule has 1 rings (SSSR count). The molecule has 0 aliphatic carbocycles. The molecule has 0 radical (unpaired) electrons. The van der Waals surface area contributed by atoms with Crippen LogP contribution < -0.4 is 0 Å². The topological polar surface area (TPSA) is 69.7 Å². The summed E-state index contributed by atoms with van der Waals surface area (Å²) in [5.74, 6) is 0. The maximum absolute atomic E-state index is 11.3. The standard InChI is InChI=1S/C16H36P.C8H8O5S/c1-5-9-13-17(14-10-6-2,15-11-7-3)16-12-8-4;1-12-8(9)13-14(10,11)7-5-3-2-4-6-7/h5-16H2,1-4H3;2-6H,1H3/q+1;. The number of carbonyl (C=O) groups is 1. The minimum absolute atomic E-state index is 0.0922. The van der Waals surface area contributed by atoms with Crippen LogP contribution in [0.25, 0.3) is 0 Å². The molecule has 0 aromatic heterocycles. The van der Waals surface area contributed by atoms with Crippen LogP contribution in [0.5, 0.6) is 0 Å². The maximum Gasteiger partial charge on any atom is 0.524 e. The molecule has 0 fully saturated rings. The van der Waals surface area contributed by atoms with Crippen LogP contribution in [-0.2, 0) is 19.0 Å². The van der Waals surface area contributed by atoms with Crippen molar-refractivity contribution in [1.29, 1.82) is 0 Å². The smallest absolute Gasteiger partial charge is 0.437 e. The van der Waals surface area contributed by atoms with E-state index >= 15 is 0 Å². The van der Waals surface area contributed by atoms with Crippen LogP contribution >= 0.6 is 7.26 Å². The van der Waals surface area contributed by atoms with E-state index in [1.54, 1.807) is 30.7 Å². The van der Waals surface area contributed by atoms with Crippen LogP contribution in [0.4, 0.5) is 4.79 Å². The molecule has 1 aromatic rings. The van der Waals surface area contributed by atoms with Gasteiger partial charge >= 0.3 is 16.3 Å². The largest absolute Gasteiger partial charge is 0.524 e. The Bertz CT molecular complexity index is 639. The Labute approximate surface area is 191 Å². The van der Waals surface area contributed by atoms with Crippen molar-refractivity contribution in [3.63, 3.8) is 0 Å². The first-order chi connectivity index (χ1) is 14.8. The van der Waals surface area contributed by atoms with Crippen molar-refractivity contribution in [3.05, 3.63) is 30.3 Å². The molecule has 180 valence electrons. The predicted octanol–water partition coefficient (Wildman–Crippen LogP) is 7.36. The molecule has 0 unspecified atom stereocenters. The van der Waals surface area contributed by atoms with Crippen LogP contribution in [-0.4, -0.2) is 46.3 Å². The summed E-state index contributed by atoms with van der Waals surface area (Å²) >= 11 is 0. The Kier molecular flexibility index (Phi) is 16.8. The van der Waals surface area contributed by atoms with Crippen molar-refractivity contribution in [3.8, 4) is 0 Å². The first-order valence-electron chi connectivity index (χ1n) is 11.7. The third kappa shape index (κ3) is 13.1. The molecule has 0 heterocycles. The van der Waals surface area contributed by atoms with E-state index in [2.05, 4.69) is 36.6 Å². The number of hydrogen-bond donors (Lipinski definition) is 0. The summed E-state index contributed by atoms with van der Waals surface area (Å²) in [6.45, 7) is 9.42. The molecule has 0 N–H and O–H groups in total. The highest BCUT2D eigenvalue weighted by molar-refractivity contribution is 7.87. The second kappa shape index (κ2) is 17.4. The molecule has 0 saturated carbocycles. The molecule has 0 bridgehead atoms. The molecule has 0 aliphatic rings. The SMILES string of the molecule is CCCC[P+](CCCC)(CCCC)CCCC.COC(=O)OS(=O)(=O)c1ccccc1. The lowest BCUT2D eigenvalue weighted by Gasteiger charge is -2.28. The zero-order valence-corrected chi connectivity index (χ0v) is 22.0. The van der Waals surface area contributed by atoms with Gasteiger partial charge in [0.2, 0.25) is 0 Å². The van der Waals surface area contributed by atoms with E-state index in [0.717, 1.165) is 7.11 Å². The number of ether oxygens (including phenoxy) is 1. The zero-order valence-electron chi connectivity index (χ0n) is 20.3. The fourth-order valence-corrected chi connectivity index (χ4v) is 9.53. The maximum atomic E-state index is 11.3. The first-order valence-corrected chi connectivity index (χ1v) is 15.7. The molecule has 0 amide bonds. The number of hydrogen-bond acceptors (Lipinski definition) is 5. The molecule has 0 saturated heterocycles. The fraction of sp³-hybridized carbons (Fsp3) is 0.708. The van der Waals surface area contributed by atoms with E-state index in [1.807, 2.05) is 0 Å². The quantitative estimate of drug-likeness (QED) is 0.160. The molecule has 1 aromatic carbocycles. The van der Waals surface area contributed by atoms with E-state index in [-0.39, 0.29) is 4.90 Å². The lowest BCUT2D eigenvalue weighted by atomic mass is 10.4. The second-order valence-electron chi connectivity index (χ2n) is 7.95. The molecule has 0 atom stereocenters. The molecule has 0 spiro atoms. The minimum Gasteiger partial charge on any atom is -0.437 e. The van der Waals surface area contributed by atoms with Crippen molar-refractivity contribution in [2.75, 3.05) is 31.8 Å². The van der Waals surface area contributed by atoms with E-state index in [4.69, 9.17) is 0 Å². The number of methoxy groups -OCH3 is 1. The molecular weight excluding hydrogens is 431 g/mol. The summed E-state index contributed by atoms with van der Waals surface area (Å²) in [7, 11) is -3.58. The van der Waals surface area contributed by atoms with Crippen LogP contribution in [0.3, 0.4) is 0 Å². The van der Waals surface area contributed by atoms with Crippen molar-refractivity contribution in [2.24, 2.45) is 0 Å². The van der Waals surface area contributed by atoms with Gasteiger partial charge in [0.1, 0.15) is 4.90 Å². The van der Waals surface area contributed by atoms with Gasteiger partial charge in [-0.1, -0.05) is 71.6 Å². The third-order valence-corrected chi connectivity index (χ3v) is 11.6. The number of carbonyl (C=O) groups excluding carboxylic acids is 1. The van der Waals surface area contributed by atoms with Crippen molar-refractivity contribution in [1.82, 2.24) is 0 Å². The minimum atomic E-state index is -4.05. The van der Waals surface area contributed by atoms with Gasteiger partial charge in [-0.25, -0.2) is 4.79 Å². The average molecular weight is 476 g/mol. The molecule has 0 aliphatic heterocycles. The van der Waals surface area contributed by atoms with Crippen LogP contribution in [0.2, 0.25) is 0 Å². The van der Waals surface area contributed by atoms with Crippen LogP contribution in [0.1, 0.15) is 79.1 Å². The van der Waals surface area contributed by atoms with Gasteiger partial charge in [-0.3, -0.25) is 0 Å². The average Bonchev–Trinajstić information content (AvgIpc) is 2.78. The monoisotopic (exact) mass is 475 g/mol. The van der Waals surface area contributed by atoms with Gasteiger partial charge < -0.3 is 8.92 Å². The van der Waals surface area contributed by atoms with E-state index in [9.17, 15) is 13.2 Å². The van der Waals surface area contributed by atoms with Gasteiger partial charge in [-0.05, 0) is 37.8 Å².